The van der Waals surface area contributed by atoms with Crippen LogP contribution in [0.2, 0.25) is 0 Å². The summed E-state index contributed by atoms with van der Waals surface area (Å²) in [5.41, 5.74) is 2.25. The van der Waals surface area contributed by atoms with E-state index in [-0.39, 0.29) is 30.7 Å². The number of nitrogens with zero attached hydrogens (tertiary/aromatic N) is 2. The minimum Gasteiger partial charge on any atom is -0.326 e. The average molecular weight is 377 g/mol. The van der Waals surface area contributed by atoms with Gasteiger partial charge >= 0.3 is 0 Å². The third-order valence-corrected chi connectivity index (χ3v) is 5.61. The number of aryl methyl sites for hydroxylation is 1. The number of amides is 3. The third-order valence-electron chi connectivity index (χ3n) is 5.61. The molecule has 1 N–H and O–H groups in total. The van der Waals surface area contributed by atoms with E-state index >= 15 is 0 Å². The number of carbonyl (C=O) groups is 3. The van der Waals surface area contributed by atoms with Crippen LogP contribution in [0.15, 0.2) is 48.5 Å². The molecule has 6 heteroatoms. The van der Waals surface area contributed by atoms with Gasteiger partial charge in [0.15, 0.2) is 0 Å². The van der Waals surface area contributed by atoms with Crippen molar-refractivity contribution in [3.8, 4) is 0 Å². The van der Waals surface area contributed by atoms with Gasteiger partial charge in [-0.25, -0.2) is 0 Å². The second kappa shape index (κ2) is 6.78. The summed E-state index contributed by atoms with van der Waals surface area (Å²) < 4.78 is 0. The maximum absolute atomic E-state index is 13.1. The number of carbonyl (C=O) groups excluding carboxylic acids is 3. The molecule has 0 spiro atoms. The lowest BCUT2D eigenvalue weighted by Crippen LogP contribution is -2.62. The van der Waals surface area contributed by atoms with E-state index in [4.69, 9.17) is 0 Å². The first kappa shape index (κ1) is 18.2. The molecule has 4 rings (SSSR count). The summed E-state index contributed by atoms with van der Waals surface area (Å²) in [6.45, 7) is 4.13. The molecule has 2 heterocycles. The summed E-state index contributed by atoms with van der Waals surface area (Å²) >= 11 is 0. The molecule has 0 saturated carbocycles. The maximum atomic E-state index is 13.1. The molecule has 1 saturated heterocycles. The molecule has 2 aliphatic rings. The quantitative estimate of drug-likeness (QED) is 0.889. The summed E-state index contributed by atoms with van der Waals surface area (Å²) in [4.78, 5) is 41.5. The number of benzene rings is 2. The smallest absolute Gasteiger partial charge is 0.257 e. The first-order chi connectivity index (χ1) is 13.4. The van der Waals surface area contributed by atoms with Crippen LogP contribution in [0.4, 0.5) is 11.4 Å². The summed E-state index contributed by atoms with van der Waals surface area (Å²) in [5, 5.41) is 2.88. The molecule has 0 aliphatic carbocycles. The number of para-hydroxylation sites is 1. The Balaban J connectivity index is 1.55. The Morgan fingerprint density at radius 1 is 1.14 bits per heavy atom. The van der Waals surface area contributed by atoms with Gasteiger partial charge in [0, 0.05) is 25.1 Å². The predicted molar refractivity (Wildman–Crippen MR) is 107 cm³/mol. The van der Waals surface area contributed by atoms with Crippen LogP contribution in [0.3, 0.4) is 0 Å². The van der Waals surface area contributed by atoms with Crippen molar-refractivity contribution < 1.29 is 14.4 Å². The van der Waals surface area contributed by atoms with E-state index in [1.165, 1.54) is 0 Å². The molecule has 28 heavy (non-hydrogen) atoms. The van der Waals surface area contributed by atoms with Crippen molar-refractivity contribution in [1.82, 2.24) is 4.90 Å². The van der Waals surface area contributed by atoms with E-state index in [2.05, 4.69) is 5.32 Å². The van der Waals surface area contributed by atoms with Crippen molar-refractivity contribution in [2.75, 3.05) is 16.8 Å². The molecular formula is C22H23N3O3. The van der Waals surface area contributed by atoms with E-state index < -0.39 is 5.66 Å². The van der Waals surface area contributed by atoms with Gasteiger partial charge in [-0.2, -0.15) is 0 Å². The fourth-order valence-corrected chi connectivity index (χ4v) is 4.20. The number of fused-ring (bicyclic) bond motifs is 3. The normalized spacial score (nSPS) is 20.8. The van der Waals surface area contributed by atoms with Crippen LogP contribution in [-0.4, -0.2) is 34.8 Å². The number of hydrogen-bond acceptors (Lipinski definition) is 3. The Morgan fingerprint density at radius 3 is 2.71 bits per heavy atom. The van der Waals surface area contributed by atoms with Crippen molar-refractivity contribution in [1.29, 1.82) is 0 Å². The van der Waals surface area contributed by atoms with Gasteiger partial charge in [-0.3, -0.25) is 19.3 Å². The van der Waals surface area contributed by atoms with Crippen LogP contribution >= 0.6 is 0 Å². The van der Waals surface area contributed by atoms with E-state index in [9.17, 15) is 14.4 Å². The van der Waals surface area contributed by atoms with E-state index in [1.807, 2.05) is 50.2 Å². The topological polar surface area (TPSA) is 69.7 Å². The van der Waals surface area contributed by atoms with Crippen molar-refractivity contribution in [2.24, 2.45) is 0 Å². The molecule has 1 unspecified atom stereocenters. The fraction of sp³-hybridized carbons (Fsp3) is 0.318. The van der Waals surface area contributed by atoms with Gasteiger partial charge in [0.05, 0.1) is 11.3 Å². The highest BCUT2D eigenvalue weighted by Crippen LogP contribution is 2.43. The van der Waals surface area contributed by atoms with Crippen LogP contribution in [-0.2, 0) is 9.59 Å². The first-order valence-electron chi connectivity index (χ1n) is 9.51. The van der Waals surface area contributed by atoms with Gasteiger partial charge in [0.1, 0.15) is 5.66 Å². The minimum atomic E-state index is -0.730. The largest absolute Gasteiger partial charge is 0.326 e. The molecule has 0 aromatic heterocycles. The SMILES string of the molecule is Cc1cccc(NC(=O)CCN2C(=O)c3ccccc3N3C(=O)CCC23C)c1. The molecule has 1 fully saturated rings. The zero-order chi connectivity index (χ0) is 19.9. The predicted octanol–water partition coefficient (Wildman–Crippen LogP) is 3.32. The summed E-state index contributed by atoms with van der Waals surface area (Å²) in [6.07, 6.45) is 1.12. The Morgan fingerprint density at radius 2 is 1.93 bits per heavy atom. The summed E-state index contributed by atoms with van der Waals surface area (Å²) in [5.74, 6) is -0.277. The van der Waals surface area contributed by atoms with Gasteiger partial charge in [0.2, 0.25) is 11.8 Å². The molecule has 2 aromatic rings. The highest BCUT2D eigenvalue weighted by molar-refractivity contribution is 6.10. The molecule has 3 amide bonds. The monoisotopic (exact) mass is 377 g/mol. The second-order valence-corrected chi connectivity index (χ2v) is 7.59. The molecular weight excluding hydrogens is 354 g/mol. The lowest BCUT2D eigenvalue weighted by Gasteiger charge is -2.48. The molecule has 1 atom stereocenters. The zero-order valence-electron chi connectivity index (χ0n) is 16.1. The zero-order valence-corrected chi connectivity index (χ0v) is 16.1. The van der Waals surface area contributed by atoms with Gasteiger partial charge in [-0.15, -0.1) is 0 Å². The average Bonchev–Trinajstić information content (AvgIpc) is 2.97. The number of anilines is 2. The highest BCUT2D eigenvalue weighted by Gasteiger charge is 2.52. The van der Waals surface area contributed by atoms with Crippen molar-refractivity contribution in [2.45, 2.75) is 38.8 Å². The minimum absolute atomic E-state index is 0.0108. The van der Waals surface area contributed by atoms with Crippen LogP contribution in [0, 0.1) is 6.92 Å². The van der Waals surface area contributed by atoms with Crippen LogP contribution < -0.4 is 10.2 Å². The molecule has 0 bridgehead atoms. The second-order valence-electron chi connectivity index (χ2n) is 7.59. The Hall–Kier alpha value is -3.15. The number of nitrogens with one attached hydrogen (secondary N) is 1. The van der Waals surface area contributed by atoms with Crippen LogP contribution in [0.5, 0.6) is 0 Å². The summed E-state index contributed by atoms with van der Waals surface area (Å²) in [6, 6.07) is 14.8. The van der Waals surface area contributed by atoms with Gasteiger partial charge in [0.25, 0.3) is 5.91 Å². The number of hydrogen-bond donors (Lipinski definition) is 1. The Kier molecular flexibility index (Phi) is 4.41. The summed E-state index contributed by atoms with van der Waals surface area (Å²) in [7, 11) is 0. The highest BCUT2D eigenvalue weighted by atomic mass is 16.2. The van der Waals surface area contributed by atoms with Crippen molar-refractivity contribution in [3.05, 3.63) is 59.7 Å². The fourth-order valence-electron chi connectivity index (χ4n) is 4.20. The number of rotatable bonds is 4. The van der Waals surface area contributed by atoms with Crippen LogP contribution in [0.25, 0.3) is 0 Å². The molecule has 2 aliphatic heterocycles. The third kappa shape index (κ3) is 2.95. The lowest BCUT2D eigenvalue weighted by molar-refractivity contribution is -0.117. The molecule has 6 nitrogen and oxygen atoms in total. The lowest BCUT2D eigenvalue weighted by atomic mass is 9.98. The van der Waals surface area contributed by atoms with Crippen LogP contribution in [0.1, 0.15) is 42.1 Å². The van der Waals surface area contributed by atoms with Crippen molar-refractivity contribution in [3.63, 3.8) is 0 Å². The van der Waals surface area contributed by atoms with E-state index in [0.717, 1.165) is 11.3 Å². The Labute approximate surface area is 164 Å². The van der Waals surface area contributed by atoms with E-state index in [1.54, 1.807) is 21.9 Å². The first-order valence-corrected chi connectivity index (χ1v) is 9.51. The Bertz CT molecular complexity index is 971. The molecule has 144 valence electrons. The van der Waals surface area contributed by atoms with Gasteiger partial charge in [-0.05, 0) is 50.1 Å². The maximum Gasteiger partial charge on any atom is 0.257 e. The van der Waals surface area contributed by atoms with Gasteiger partial charge < -0.3 is 10.2 Å². The molecule has 0 radical (unpaired) electrons. The van der Waals surface area contributed by atoms with Crippen molar-refractivity contribution >= 4 is 29.1 Å². The molecule has 2 aromatic carbocycles. The van der Waals surface area contributed by atoms with Gasteiger partial charge in [-0.1, -0.05) is 24.3 Å². The van der Waals surface area contributed by atoms with E-state index in [0.29, 0.717) is 24.1 Å². The standard InChI is InChI=1S/C22H23N3O3/c1-15-6-5-7-16(14-15)23-19(26)11-13-24-21(28)17-8-3-4-9-18(17)25-20(27)10-12-22(24,25)2/h3-9,14H,10-13H2,1-2H3,(H,23,26).